The molecule has 0 spiro atoms. The molecule has 0 unspecified atom stereocenters. The van der Waals surface area contributed by atoms with E-state index in [1.165, 1.54) is 0 Å². The van der Waals surface area contributed by atoms with Crippen LogP contribution in [0.1, 0.15) is 0 Å². The van der Waals surface area contributed by atoms with E-state index in [1.807, 2.05) is 72.8 Å². The summed E-state index contributed by atoms with van der Waals surface area (Å²) >= 11 is 0. The summed E-state index contributed by atoms with van der Waals surface area (Å²) in [7, 11) is -2.74. The molecule has 0 N–H and O–H groups in total. The molecule has 6 aromatic carbocycles. The van der Waals surface area contributed by atoms with E-state index >= 15 is 0 Å². The van der Waals surface area contributed by atoms with Gasteiger partial charge in [0.25, 0.3) is 0 Å². The molecule has 0 heterocycles. The summed E-state index contributed by atoms with van der Waals surface area (Å²) < 4.78 is 19.6. The minimum atomic E-state index is -2.74. The Labute approximate surface area is 199 Å². The van der Waals surface area contributed by atoms with Gasteiger partial charge in [-0.25, -0.2) is 0 Å². The van der Waals surface area contributed by atoms with Gasteiger partial charge in [-0.15, -0.1) is 0 Å². The van der Waals surface area contributed by atoms with Gasteiger partial charge in [0.1, 0.15) is 17.2 Å². The first-order chi connectivity index (χ1) is 16.8. The van der Waals surface area contributed by atoms with Crippen molar-refractivity contribution in [1.29, 1.82) is 0 Å². The molecule has 0 amide bonds. The van der Waals surface area contributed by atoms with Gasteiger partial charge in [-0.2, -0.15) is 0 Å². The Balaban J connectivity index is 1.42. The number of benzene rings is 6. The molecule has 0 saturated heterocycles. The predicted octanol–water partition coefficient (Wildman–Crippen LogP) is 7.40. The summed E-state index contributed by atoms with van der Waals surface area (Å²) in [6, 6.07) is 42.7. The fraction of sp³-hybridized carbons (Fsp3) is 0. The summed E-state index contributed by atoms with van der Waals surface area (Å²) in [6.07, 6.45) is 0. The van der Waals surface area contributed by atoms with Crippen molar-refractivity contribution in [3.05, 3.63) is 127 Å². The molecule has 0 aliphatic heterocycles. The van der Waals surface area contributed by atoms with Crippen LogP contribution in [0.5, 0.6) is 17.2 Å². The van der Waals surface area contributed by atoms with Crippen molar-refractivity contribution in [3.63, 3.8) is 0 Å². The highest BCUT2D eigenvalue weighted by molar-refractivity contribution is 6.40. The van der Waals surface area contributed by atoms with Gasteiger partial charge in [0.2, 0.25) is 0 Å². The van der Waals surface area contributed by atoms with Crippen molar-refractivity contribution < 1.29 is 13.3 Å². The quantitative estimate of drug-likeness (QED) is 0.243. The summed E-state index contributed by atoms with van der Waals surface area (Å²) in [5, 5.41) is 6.44. The maximum absolute atomic E-state index is 6.53. The first kappa shape index (κ1) is 20.3. The Kier molecular flexibility index (Phi) is 5.34. The van der Waals surface area contributed by atoms with Gasteiger partial charge in [0.05, 0.1) is 0 Å². The highest BCUT2D eigenvalue weighted by Crippen LogP contribution is 2.31. The molecule has 164 valence electrons. The molecule has 0 atom stereocenters. The fourth-order valence-corrected chi connectivity index (χ4v) is 5.66. The standard InChI is InChI=1S/C30H22O3Si/c1-4-16-25-22(10-1)13-7-19-28(25)31-34(32-29-20-8-14-23-11-2-5-17-26(23)29)33-30-21-9-15-24-12-3-6-18-27(24)30/h1-21,34H. The lowest BCUT2D eigenvalue weighted by Crippen LogP contribution is -2.37. The van der Waals surface area contributed by atoms with Crippen LogP contribution in [0.25, 0.3) is 32.3 Å². The van der Waals surface area contributed by atoms with Crippen LogP contribution < -0.4 is 13.3 Å². The Morgan fingerprint density at radius 1 is 0.324 bits per heavy atom. The van der Waals surface area contributed by atoms with Gasteiger partial charge >= 0.3 is 9.53 Å². The van der Waals surface area contributed by atoms with E-state index in [2.05, 4.69) is 54.6 Å². The van der Waals surface area contributed by atoms with Gasteiger partial charge in [-0.05, 0) is 34.4 Å². The topological polar surface area (TPSA) is 27.7 Å². The second-order valence-corrected chi connectivity index (χ2v) is 9.36. The average Bonchev–Trinajstić information content (AvgIpc) is 2.89. The monoisotopic (exact) mass is 458 g/mol. The zero-order chi connectivity index (χ0) is 22.7. The number of hydrogen-bond donors (Lipinski definition) is 0. The zero-order valence-corrected chi connectivity index (χ0v) is 19.6. The van der Waals surface area contributed by atoms with Crippen LogP contribution in [0.15, 0.2) is 127 Å². The van der Waals surface area contributed by atoms with Gasteiger partial charge < -0.3 is 13.3 Å². The summed E-state index contributed by atoms with van der Waals surface area (Å²) in [4.78, 5) is 0. The van der Waals surface area contributed by atoms with Crippen LogP contribution >= 0.6 is 0 Å². The summed E-state index contributed by atoms with van der Waals surface area (Å²) in [5.74, 6) is 2.28. The minimum Gasteiger partial charge on any atom is -0.485 e. The first-order valence-electron chi connectivity index (χ1n) is 11.3. The van der Waals surface area contributed by atoms with Crippen molar-refractivity contribution in [2.45, 2.75) is 0 Å². The predicted molar refractivity (Wildman–Crippen MR) is 141 cm³/mol. The van der Waals surface area contributed by atoms with E-state index in [9.17, 15) is 0 Å². The highest BCUT2D eigenvalue weighted by Gasteiger charge is 2.25. The van der Waals surface area contributed by atoms with Crippen LogP contribution in [0, 0.1) is 0 Å². The zero-order valence-electron chi connectivity index (χ0n) is 18.4. The van der Waals surface area contributed by atoms with E-state index in [0.717, 1.165) is 49.6 Å². The van der Waals surface area contributed by atoms with Crippen molar-refractivity contribution in [1.82, 2.24) is 0 Å². The molecular weight excluding hydrogens is 436 g/mol. The van der Waals surface area contributed by atoms with Crippen LogP contribution in [-0.2, 0) is 0 Å². The Bertz CT molecular complexity index is 1400. The largest absolute Gasteiger partial charge is 0.683 e. The molecule has 34 heavy (non-hydrogen) atoms. The number of rotatable bonds is 6. The fourth-order valence-electron chi connectivity index (χ4n) is 4.28. The highest BCUT2D eigenvalue weighted by atomic mass is 28.3. The molecule has 0 fully saturated rings. The Morgan fingerprint density at radius 2 is 0.618 bits per heavy atom. The van der Waals surface area contributed by atoms with Gasteiger partial charge in [-0.1, -0.05) is 109 Å². The molecular formula is C30H22O3Si. The van der Waals surface area contributed by atoms with E-state index in [0.29, 0.717) is 0 Å². The normalized spacial score (nSPS) is 11.2. The molecule has 4 heteroatoms. The van der Waals surface area contributed by atoms with Crippen LogP contribution in [-0.4, -0.2) is 9.53 Å². The third kappa shape index (κ3) is 3.96. The van der Waals surface area contributed by atoms with Crippen molar-refractivity contribution >= 4 is 41.8 Å². The molecule has 3 nitrogen and oxygen atoms in total. The second-order valence-electron chi connectivity index (χ2n) is 8.07. The van der Waals surface area contributed by atoms with Crippen molar-refractivity contribution in [2.24, 2.45) is 0 Å². The van der Waals surface area contributed by atoms with E-state index in [-0.39, 0.29) is 0 Å². The molecule has 0 bridgehead atoms. The molecule has 0 aliphatic carbocycles. The third-order valence-electron chi connectivity index (χ3n) is 5.92. The van der Waals surface area contributed by atoms with Crippen molar-refractivity contribution in [2.75, 3.05) is 0 Å². The second kappa shape index (κ2) is 8.93. The minimum absolute atomic E-state index is 0.759. The van der Waals surface area contributed by atoms with E-state index in [1.54, 1.807) is 0 Å². The van der Waals surface area contributed by atoms with Crippen molar-refractivity contribution in [3.8, 4) is 17.2 Å². The lowest BCUT2D eigenvalue weighted by molar-refractivity contribution is 0.312. The average molecular weight is 459 g/mol. The van der Waals surface area contributed by atoms with Gasteiger partial charge in [0, 0.05) is 16.2 Å². The van der Waals surface area contributed by atoms with E-state index in [4.69, 9.17) is 13.3 Å². The summed E-state index contributed by atoms with van der Waals surface area (Å²) in [6.45, 7) is 0. The molecule has 6 rings (SSSR count). The molecule has 0 aromatic heterocycles. The van der Waals surface area contributed by atoms with Gasteiger partial charge in [-0.3, -0.25) is 0 Å². The summed E-state index contributed by atoms with van der Waals surface area (Å²) in [5.41, 5.74) is 0. The van der Waals surface area contributed by atoms with E-state index < -0.39 is 9.53 Å². The SMILES string of the molecule is c1ccc2c(O[SiH](Oc3cccc4ccccc34)Oc3cccc4ccccc34)cccc2c1. The Morgan fingerprint density at radius 3 is 0.971 bits per heavy atom. The molecule has 0 saturated carbocycles. The number of hydrogen-bond acceptors (Lipinski definition) is 3. The lowest BCUT2D eigenvalue weighted by Gasteiger charge is -2.21. The molecule has 0 aliphatic rings. The Hall–Kier alpha value is -4.28. The van der Waals surface area contributed by atoms with Crippen LogP contribution in [0.3, 0.4) is 0 Å². The molecule has 6 aromatic rings. The molecule has 0 radical (unpaired) electrons. The van der Waals surface area contributed by atoms with Crippen LogP contribution in [0.2, 0.25) is 0 Å². The first-order valence-corrected chi connectivity index (χ1v) is 12.7. The smallest absolute Gasteiger partial charge is 0.485 e. The lowest BCUT2D eigenvalue weighted by atomic mass is 10.1. The maximum Gasteiger partial charge on any atom is 0.683 e. The maximum atomic E-state index is 6.53. The third-order valence-corrected chi connectivity index (χ3v) is 7.26. The van der Waals surface area contributed by atoms with Crippen LogP contribution in [0.4, 0.5) is 0 Å². The number of fused-ring (bicyclic) bond motifs is 3. The van der Waals surface area contributed by atoms with Gasteiger partial charge in [0.15, 0.2) is 0 Å².